The Morgan fingerprint density at radius 2 is 1.81 bits per heavy atom. The molecule has 0 aliphatic rings. The maximum Gasteiger partial charge on any atom is 0.262 e. The third kappa shape index (κ3) is 4.96. The number of nitrogens with zero attached hydrogens (tertiary/aromatic N) is 3. The second kappa shape index (κ2) is 9.60. The van der Waals surface area contributed by atoms with Crippen molar-refractivity contribution in [2.24, 2.45) is 0 Å². The van der Waals surface area contributed by atoms with Crippen molar-refractivity contribution in [1.82, 2.24) is 19.7 Å². The predicted molar refractivity (Wildman–Crippen MR) is 129 cm³/mol. The molecule has 0 spiro atoms. The molecule has 2 aromatic heterocycles. The molecule has 1 unspecified atom stereocenters. The van der Waals surface area contributed by atoms with Crippen LogP contribution < -0.4 is 5.56 Å². The average Bonchev–Trinajstić information content (AvgIpc) is 3.15. The maximum atomic E-state index is 12.9. The van der Waals surface area contributed by atoms with Gasteiger partial charge in [0.25, 0.3) is 5.56 Å². The standard InChI is InChI=1S/C25H27BrN4O/c1-3-21-23-24(27-22(28-25(23)31)16-19-12-14-20(26)15-13-19)30(29-21)17(2)8-7-11-18-9-5-4-6-10-18/h4-6,9-10,12-15,17H,3,7-8,11,16H2,1-2H3,(H,27,28,31). The molecule has 0 amide bonds. The lowest BCUT2D eigenvalue weighted by Gasteiger charge is -2.13. The van der Waals surface area contributed by atoms with E-state index in [1.807, 2.05) is 41.9 Å². The third-order valence-electron chi connectivity index (χ3n) is 5.65. The lowest BCUT2D eigenvalue weighted by molar-refractivity contribution is 0.453. The molecule has 1 atom stereocenters. The van der Waals surface area contributed by atoms with Crippen LogP contribution in [0.2, 0.25) is 0 Å². The summed E-state index contributed by atoms with van der Waals surface area (Å²) in [4.78, 5) is 20.7. The molecule has 4 rings (SSSR count). The maximum absolute atomic E-state index is 12.9. The van der Waals surface area contributed by atoms with Crippen LogP contribution >= 0.6 is 15.9 Å². The zero-order valence-electron chi connectivity index (χ0n) is 17.9. The molecule has 0 fully saturated rings. The van der Waals surface area contributed by atoms with E-state index in [0.717, 1.165) is 35.0 Å². The van der Waals surface area contributed by atoms with Crippen molar-refractivity contribution in [1.29, 1.82) is 0 Å². The van der Waals surface area contributed by atoms with E-state index in [-0.39, 0.29) is 11.6 Å². The van der Waals surface area contributed by atoms with E-state index in [1.54, 1.807) is 0 Å². The van der Waals surface area contributed by atoms with Gasteiger partial charge >= 0.3 is 0 Å². The van der Waals surface area contributed by atoms with Gasteiger partial charge in [-0.15, -0.1) is 0 Å². The Hall–Kier alpha value is -2.73. The van der Waals surface area contributed by atoms with Crippen molar-refractivity contribution in [3.05, 3.63) is 92.1 Å². The molecule has 1 N–H and O–H groups in total. The Kier molecular flexibility index (Phi) is 6.66. The van der Waals surface area contributed by atoms with Crippen LogP contribution in [-0.2, 0) is 19.3 Å². The number of aromatic amines is 1. The minimum Gasteiger partial charge on any atom is -0.310 e. The normalized spacial score (nSPS) is 12.4. The molecule has 0 aliphatic carbocycles. The summed E-state index contributed by atoms with van der Waals surface area (Å²) in [7, 11) is 0. The minimum atomic E-state index is -0.100. The molecule has 4 aromatic rings. The Labute approximate surface area is 190 Å². The minimum absolute atomic E-state index is 0.100. The molecule has 0 saturated heterocycles. The number of fused-ring (bicyclic) bond motifs is 1. The lowest BCUT2D eigenvalue weighted by atomic mass is 10.1. The second-order valence-electron chi connectivity index (χ2n) is 7.99. The first-order valence-corrected chi connectivity index (χ1v) is 11.6. The molecule has 0 radical (unpaired) electrons. The molecule has 5 nitrogen and oxygen atoms in total. The summed E-state index contributed by atoms with van der Waals surface area (Å²) in [6.45, 7) is 4.19. The SMILES string of the molecule is CCc1nn(C(C)CCCc2ccccc2)c2nc(Cc3ccc(Br)cc3)[nH]c(=O)c12. The first-order chi connectivity index (χ1) is 15.0. The van der Waals surface area contributed by atoms with Gasteiger partial charge in [0, 0.05) is 10.9 Å². The summed E-state index contributed by atoms with van der Waals surface area (Å²) in [5.41, 5.74) is 3.86. The summed E-state index contributed by atoms with van der Waals surface area (Å²) >= 11 is 3.46. The molecule has 2 aromatic carbocycles. The highest BCUT2D eigenvalue weighted by Crippen LogP contribution is 2.22. The van der Waals surface area contributed by atoms with Crippen LogP contribution in [0.4, 0.5) is 0 Å². The van der Waals surface area contributed by atoms with Crippen LogP contribution in [-0.4, -0.2) is 19.7 Å². The fraction of sp³-hybridized carbons (Fsp3) is 0.320. The van der Waals surface area contributed by atoms with Crippen molar-refractivity contribution >= 4 is 27.0 Å². The van der Waals surface area contributed by atoms with E-state index >= 15 is 0 Å². The smallest absolute Gasteiger partial charge is 0.262 e. The zero-order valence-corrected chi connectivity index (χ0v) is 19.5. The molecule has 0 saturated carbocycles. The van der Waals surface area contributed by atoms with Gasteiger partial charge in [-0.1, -0.05) is 65.3 Å². The third-order valence-corrected chi connectivity index (χ3v) is 6.18. The summed E-state index contributed by atoms with van der Waals surface area (Å²) in [6.07, 6.45) is 4.35. The summed E-state index contributed by atoms with van der Waals surface area (Å²) in [6, 6.07) is 18.8. The van der Waals surface area contributed by atoms with E-state index in [0.29, 0.717) is 29.7 Å². The number of rotatable bonds is 8. The van der Waals surface area contributed by atoms with Gasteiger partial charge in [-0.2, -0.15) is 5.10 Å². The largest absolute Gasteiger partial charge is 0.310 e. The van der Waals surface area contributed by atoms with Crippen molar-refractivity contribution in [2.75, 3.05) is 0 Å². The molecule has 0 aliphatic heterocycles. The average molecular weight is 479 g/mol. The van der Waals surface area contributed by atoms with E-state index in [1.165, 1.54) is 5.56 Å². The van der Waals surface area contributed by atoms with Crippen molar-refractivity contribution in [2.45, 2.75) is 52.0 Å². The van der Waals surface area contributed by atoms with Crippen LogP contribution in [0, 0.1) is 0 Å². The topological polar surface area (TPSA) is 63.6 Å². The van der Waals surface area contributed by atoms with Crippen LogP contribution in [0.15, 0.2) is 63.9 Å². The molecule has 31 heavy (non-hydrogen) atoms. The highest BCUT2D eigenvalue weighted by molar-refractivity contribution is 9.10. The highest BCUT2D eigenvalue weighted by atomic mass is 79.9. The van der Waals surface area contributed by atoms with Gasteiger partial charge in [-0.3, -0.25) is 4.79 Å². The fourth-order valence-electron chi connectivity index (χ4n) is 3.96. The Bertz CT molecular complexity index is 1210. The number of hydrogen-bond acceptors (Lipinski definition) is 3. The van der Waals surface area contributed by atoms with Crippen molar-refractivity contribution in [3.8, 4) is 0 Å². The number of aryl methyl sites for hydroxylation is 2. The van der Waals surface area contributed by atoms with Crippen molar-refractivity contribution in [3.63, 3.8) is 0 Å². The van der Waals surface area contributed by atoms with E-state index in [4.69, 9.17) is 10.1 Å². The number of aromatic nitrogens is 4. The van der Waals surface area contributed by atoms with Gasteiger partial charge in [-0.05, 0) is 55.9 Å². The molecule has 160 valence electrons. The lowest BCUT2D eigenvalue weighted by Crippen LogP contribution is -2.15. The zero-order chi connectivity index (χ0) is 21.8. The summed E-state index contributed by atoms with van der Waals surface area (Å²) in [5, 5.41) is 5.40. The van der Waals surface area contributed by atoms with E-state index < -0.39 is 0 Å². The summed E-state index contributed by atoms with van der Waals surface area (Å²) in [5.74, 6) is 0.667. The highest BCUT2D eigenvalue weighted by Gasteiger charge is 2.19. The van der Waals surface area contributed by atoms with Gasteiger partial charge in [0.1, 0.15) is 11.2 Å². The van der Waals surface area contributed by atoms with E-state index in [9.17, 15) is 4.79 Å². The Morgan fingerprint density at radius 3 is 2.52 bits per heavy atom. The number of nitrogens with one attached hydrogen (secondary N) is 1. The quantitative estimate of drug-likeness (QED) is 0.357. The Balaban J connectivity index is 1.60. The van der Waals surface area contributed by atoms with Gasteiger partial charge in [-0.25, -0.2) is 9.67 Å². The number of benzene rings is 2. The van der Waals surface area contributed by atoms with Gasteiger partial charge < -0.3 is 4.98 Å². The van der Waals surface area contributed by atoms with Gasteiger partial charge in [0.05, 0.1) is 11.7 Å². The predicted octanol–water partition coefficient (Wildman–Crippen LogP) is 5.62. The molecule has 2 heterocycles. The molecule has 6 heteroatoms. The molecule has 0 bridgehead atoms. The molecular formula is C25H27BrN4O. The van der Waals surface area contributed by atoms with Gasteiger partial charge in [0.15, 0.2) is 5.65 Å². The first-order valence-electron chi connectivity index (χ1n) is 10.8. The number of hydrogen-bond donors (Lipinski definition) is 1. The van der Waals surface area contributed by atoms with Crippen molar-refractivity contribution < 1.29 is 0 Å². The van der Waals surface area contributed by atoms with Crippen LogP contribution in [0.25, 0.3) is 11.0 Å². The fourth-order valence-corrected chi connectivity index (χ4v) is 4.23. The molecular weight excluding hydrogens is 452 g/mol. The summed E-state index contributed by atoms with van der Waals surface area (Å²) < 4.78 is 2.99. The monoisotopic (exact) mass is 478 g/mol. The second-order valence-corrected chi connectivity index (χ2v) is 8.90. The van der Waals surface area contributed by atoms with Crippen LogP contribution in [0.1, 0.15) is 55.4 Å². The van der Waals surface area contributed by atoms with Crippen LogP contribution in [0.3, 0.4) is 0 Å². The van der Waals surface area contributed by atoms with Gasteiger partial charge in [0.2, 0.25) is 0 Å². The van der Waals surface area contributed by atoms with Crippen LogP contribution in [0.5, 0.6) is 0 Å². The first kappa shape index (κ1) is 21.5. The Morgan fingerprint density at radius 1 is 1.06 bits per heavy atom. The number of halogens is 1. The number of H-pyrrole nitrogens is 1. The van der Waals surface area contributed by atoms with E-state index in [2.05, 4.69) is 52.1 Å².